The minimum atomic E-state index is -1.01. The fourth-order valence-corrected chi connectivity index (χ4v) is 2.46. The minimum Gasteiger partial charge on any atom is -0.478 e. The number of benzene rings is 1. The van der Waals surface area contributed by atoms with E-state index < -0.39 is 5.97 Å². The van der Waals surface area contributed by atoms with Gasteiger partial charge >= 0.3 is 5.97 Å². The number of hydrogen-bond donors (Lipinski definition) is 3. The lowest BCUT2D eigenvalue weighted by atomic mass is 10.1. The van der Waals surface area contributed by atoms with Gasteiger partial charge in [0, 0.05) is 16.9 Å². The zero-order valence-corrected chi connectivity index (χ0v) is 11.9. The minimum absolute atomic E-state index is 0.109. The number of amides is 1. The van der Waals surface area contributed by atoms with Crippen LogP contribution < -0.4 is 10.6 Å². The first-order chi connectivity index (χ1) is 9.06. The molecule has 1 heterocycles. The van der Waals surface area contributed by atoms with E-state index in [1.54, 1.807) is 6.07 Å². The Kier molecular flexibility index (Phi) is 4.55. The third kappa shape index (κ3) is 3.78. The first-order valence-corrected chi connectivity index (χ1v) is 6.91. The van der Waals surface area contributed by atoms with E-state index in [0.717, 1.165) is 19.4 Å². The second-order valence-electron chi connectivity index (χ2n) is 4.55. The van der Waals surface area contributed by atoms with Crippen molar-refractivity contribution >= 4 is 33.5 Å². The average Bonchev–Trinajstić information content (AvgIpc) is 2.84. The second-order valence-corrected chi connectivity index (χ2v) is 5.40. The number of hydrogen-bond acceptors (Lipinski definition) is 3. The van der Waals surface area contributed by atoms with Crippen LogP contribution in [0.2, 0.25) is 0 Å². The molecule has 1 aromatic rings. The Morgan fingerprint density at radius 2 is 2.26 bits per heavy atom. The zero-order chi connectivity index (χ0) is 13.8. The molecule has 102 valence electrons. The first-order valence-electron chi connectivity index (χ1n) is 6.12. The van der Waals surface area contributed by atoms with E-state index in [4.69, 9.17) is 5.11 Å². The summed E-state index contributed by atoms with van der Waals surface area (Å²) < 4.78 is 0.672. The van der Waals surface area contributed by atoms with E-state index >= 15 is 0 Å². The van der Waals surface area contributed by atoms with Gasteiger partial charge in [-0.2, -0.15) is 0 Å². The number of carbonyl (C=O) groups excluding carboxylic acids is 1. The summed E-state index contributed by atoms with van der Waals surface area (Å²) in [6.45, 7) is 0.955. The summed E-state index contributed by atoms with van der Waals surface area (Å²) >= 11 is 3.30. The van der Waals surface area contributed by atoms with E-state index in [1.165, 1.54) is 12.1 Å². The number of rotatable bonds is 4. The fourth-order valence-electron chi connectivity index (χ4n) is 2.11. The molecule has 1 aliphatic rings. The lowest BCUT2D eigenvalue weighted by Gasteiger charge is -2.12. The molecule has 1 amide bonds. The molecule has 19 heavy (non-hydrogen) atoms. The fraction of sp³-hybridized carbons (Fsp3) is 0.385. The van der Waals surface area contributed by atoms with Crippen LogP contribution >= 0.6 is 15.9 Å². The molecule has 0 saturated carbocycles. The maximum Gasteiger partial charge on any atom is 0.335 e. The van der Waals surface area contributed by atoms with E-state index in [2.05, 4.69) is 26.6 Å². The van der Waals surface area contributed by atoms with E-state index in [1.807, 2.05) is 0 Å². The van der Waals surface area contributed by atoms with Crippen molar-refractivity contribution in [1.82, 2.24) is 5.32 Å². The number of nitrogens with one attached hydrogen (secondary N) is 2. The average molecular weight is 327 g/mol. The van der Waals surface area contributed by atoms with Gasteiger partial charge in [0.2, 0.25) is 5.91 Å². The molecule has 3 N–H and O–H groups in total. The first kappa shape index (κ1) is 14.0. The summed E-state index contributed by atoms with van der Waals surface area (Å²) in [5, 5.41) is 14.9. The largest absolute Gasteiger partial charge is 0.478 e. The molecule has 0 spiro atoms. The zero-order valence-electron chi connectivity index (χ0n) is 10.3. The number of carboxylic acids is 1. The summed E-state index contributed by atoms with van der Waals surface area (Å²) in [6.07, 6.45) is 2.50. The summed E-state index contributed by atoms with van der Waals surface area (Å²) in [5.74, 6) is -1.12. The summed E-state index contributed by atoms with van der Waals surface area (Å²) in [7, 11) is 0. The topological polar surface area (TPSA) is 78.4 Å². The van der Waals surface area contributed by atoms with Crippen LogP contribution in [-0.4, -0.2) is 29.6 Å². The van der Waals surface area contributed by atoms with Gasteiger partial charge in [0.05, 0.1) is 11.3 Å². The number of halogens is 1. The lowest BCUT2D eigenvalue weighted by molar-refractivity contribution is -0.116. The number of anilines is 1. The summed E-state index contributed by atoms with van der Waals surface area (Å²) in [4.78, 5) is 22.8. The van der Waals surface area contributed by atoms with Crippen LogP contribution in [0.25, 0.3) is 0 Å². The van der Waals surface area contributed by atoms with Crippen LogP contribution in [0.5, 0.6) is 0 Å². The maximum atomic E-state index is 11.9. The Balaban J connectivity index is 2.02. The Labute approximate surface area is 119 Å². The molecular formula is C13H15BrN2O3. The normalized spacial score (nSPS) is 18.3. The van der Waals surface area contributed by atoms with E-state index in [9.17, 15) is 9.59 Å². The van der Waals surface area contributed by atoms with Crippen LogP contribution in [0.4, 0.5) is 5.69 Å². The van der Waals surface area contributed by atoms with Crippen LogP contribution in [0, 0.1) is 0 Å². The van der Waals surface area contributed by atoms with Gasteiger partial charge in [-0.15, -0.1) is 0 Å². The van der Waals surface area contributed by atoms with Crippen LogP contribution in [0.1, 0.15) is 29.6 Å². The van der Waals surface area contributed by atoms with Crippen molar-refractivity contribution in [3.8, 4) is 0 Å². The van der Waals surface area contributed by atoms with Crippen LogP contribution in [-0.2, 0) is 4.79 Å². The van der Waals surface area contributed by atoms with Gasteiger partial charge in [-0.1, -0.05) is 0 Å². The van der Waals surface area contributed by atoms with Crippen molar-refractivity contribution in [2.24, 2.45) is 0 Å². The van der Waals surface area contributed by atoms with Gasteiger partial charge in [0.25, 0.3) is 0 Å². The molecule has 0 aliphatic carbocycles. The van der Waals surface area contributed by atoms with Crippen molar-refractivity contribution < 1.29 is 14.7 Å². The Hall–Kier alpha value is -1.40. The molecule has 1 fully saturated rings. The number of carbonyl (C=O) groups is 2. The standard InChI is InChI=1S/C13H15BrN2O3/c14-10-4-3-8(13(18)19)6-11(10)16-12(17)7-9-2-1-5-15-9/h3-4,6,9,15H,1-2,5,7H2,(H,16,17)(H,18,19). The third-order valence-electron chi connectivity index (χ3n) is 3.08. The lowest BCUT2D eigenvalue weighted by Crippen LogP contribution is -2.27. The summed E-state index contributed by atoms with van der Waals surface area (Å²) in [5.41, 5.74) is 0.639. The second kappa shape index (κ2) is 6.16. The molecule has 6 heteroatoms. The highest BCUT2D eigenvalue weighted by atomic mass is 79.9. The molecule has 5 nitrogen and oxygen atoms in total. The molecule has 0 bridgehead atoms. The highest BCUT2D eigenvalue weighted by molar-refractivity contribution is 9.10. The molecule has 1 saturated heterocycles. The van der Waals surface area contributed by atoms with Crippen molar-refractivity contribution in [3.05, 3.63) is 28.2 Å². The van der Waals surface area contributed by atoms with Gasteiger partial charge in [-0.3, -0.25) is 4.79 Å². The van der Waals surface area contributed by atoms with Gasteiger partial charge in [-0.25, -0.2) is 4.79 Å². The summed E-state index contributed by atoms with van der Waals surface area (Å²) in [6, 6.07) is 4.78. The van der Waals surface area contributed by atoms with Crippen molar-refractivity contribution in [2.45, 2.75) is 25.3 Å². The Morgan fingerprint density at radius 3 is 2.89 bits per heavy atom. The molecular weight excluding hydrogens is 312 g/mol. The van der Waals surface area contributed by atoms with Gasteiger partial charge in [0.15, 0.2) is 0 Å². The number of aromatic carboxylic acids is 1. The molecule has 0 aromatic heterocycles. The Morgan fingerprint density at radius 1 is 1.47 bits per heavy atom. The Bertz CT molecular complexity index is 499. The van der Waals surface area contributed by atoms with Gasteiger partial charge in [-0.05, 0) is 53.5 Å². The molecule has 1 unspecified atom stereocenters. The van der Waals surface area contributed by atoms with Crippen molar-refractivity contribution in [1.29, 1.82) is 0 Å². The number of carboxylic acid groups (broad SMARTS) is 1. The highest BCUT2D eigenvalue weighted by Crippen LogP contribution is 2.24. The maximum absolute atomic E-state index is 11.9. The highest BCUT2D eigenvalue weighted by Gasteiger charge is 2.18. The van der Waals surface area contributed by atoms with E-state index in [0.29, 0.717) is 16.6 Å². The predicted octanol–water partition coefficient (Wildman–Crippen LogP) is 2.23. The van der Waals surface area contributed by atoms with Crippen LogP contribution in [0.15, 0.2) is 22.7 Å². The molecule has 1 aromatic carbocycles. The predicted molar refractivity (Wildman–Crippen MR) is 75.4 cm³/mol. The van der Waals surface area contributed by atoms with Gasteiger partial charge in [0.1, 0.15) is 0 Å². The van der Waals surface area contributed by atoms with E-state index in [-0.39, 0.29) is 17.5 Å². The van der Waals surface area contributed by atoms with Gasteiger partial charge < -0.3 is 15.7 Å². The van der Waals surface area contributed by atoms with Crippen molar-refractivity contribution in [2.75, 3.05) is 11.9 Å². The molecule has 1 aliphatic heterocycles. The molecule has 2 rings (SSSR count). The molecule has 0 radical (unpaired) electrons. The quantitative estimate of drug-likeness (QED) is 0.792. The SMILES string of the molecule is O=C(CC1CCCN1)Nc1cc(C(=O)O)ccc1Br. The van der Waals surface area contributed by atoms with Crippen molar-refractivity contribution in [3.63, 3.8) is 0 Å². The van der Waals surface area contributed by atoms with Crippen LogP contribution in [0.3, 0.4) is 0 Å². The third-order valence-corrected chi connectivity index (χ3v) is 3.77. The smallest absolute Gasteiger partial charge is 0.335 e. The molecule has 1 atom stereocenters. The monoisotopic (exact) mass is 326 g/mol.